The molecule has 190 valence electrons. The predicted octanol–water partition coefficient (Wildman–Crippen LogP) is 2.94. The number of hydrogen-bond acceptors (Lipinski definition) is 10. The molecule has 35 heavy (non-hydrogen) atoms. The highest BCUT2D eigenvalue weighted by atomic mass is 19.4. The number of nitrogens with zero attached hydrogens (tertiary/aromatic N) is 8. The van der Waals surface area contributed by atoms with Gasteiger partial charge in [-0.15, -0.1) is 0 Å². The molecule has 0 unspecified atom stereocenters. The zero-order chi connectivity index (χ0) is 25.4. The minimum absolute atomic E-state index is 0.0518. The highest BCUT2D eigenvalue weighted by Gasteiger charge is 2.27. The maximum absolute atomic E-state index is 12.5. The Morgan fingerprint density at radius 3 is 2.60 bits per heavy atom. The maximum atomic E-state index is 12.5. The van der Waals surface area contributed by atoms with E-state index >= 15 is 0 Å². The molecule has 0 aliphatic rings. The van der Waals surface area contributed by atoms with Crippen LogP contribution in [0.4, 0.5) is 30.8 Å². The second kappa shape index (κ2) is 11.8. The maximum Gasteiger partial charge on any atom is 0.411 e. The van der Waals surface area contributed by atoms with Crippen LogP contribution in [0.25, 0.3) is 11.0 Å². The fourth-order valence-corrected chi connectivity index (χ4v) is 2.96. The van der Waals surface area contributed by atoms with Crippen LogP contribution in [0.15, 0.2) is 31.0 Å². The van der Waals surface area contributed by atoms with Crippen molar-refractivity contribution in [3.63, 3.8) is 0 Å². The number of halogens is 3. The molecule has 11 nitrogen and oxygen atoms in total. The van der Waals surface area contributed by atoms with Crippen LogP contribution < -0.4 is 10.2 Å². The molecule has 0 saturated carbocycles. The quantitative estimate of drug-likeness (QED) is 0.377. The van der Waals surface area contributed by atoms with Gasteiger partial charge in [0, 0.05) is 46.3 Å². The second-order valence-electron chi connectivity index (χ2n) is 7.64. The Bertz CT molecular complexity index is 1120. The van der Waals surface area contributed by atoms with Crippen molar-refractivity contribution in [2.45, 2.75) is 26.3 Å². The third-order valence-electron chi connectivity index (χ3n) is 4.53. The summed E-state index contributed by atoms with van der Waals surface area (Å²) in [7, 11) is 5.58. The first kappa shape index (κ1) is 26.1. The predicted molar refractivity (Wildman–Crippen MR) is 124 cm³/mol. The third-order valence-corrected chi connectivity index (χ3v) is 4.53. The lowest BCUT2D eigenvalue weighted by molar-refractivity contribution is -0.174. The summed E-state index contributed by atoms with van der Waals surface area (Å²) in [6.07, 6.45) is 2.19. The van der Waals surface area contributed by atoms with Crippen LogP contribution in [0.3, 0.4) is 0 Å². The Labute approximate surface area is 200 Å². The highest BCUT2D eigenvalue weighted by molar-refractivity contribution is 5.90. The van der Waals surface area contributed by atoms with Crippen molar-refractivity contribution in [3.8, 4) is 0 Å². The lowest BCUT2D eigenvalue weighted by atomic mass is 10.3. The number of fused-ring (bicyclic) bond motifs is 1. The summed E-state index contributed by atoms with van der Waals surface area (Å²) < 4.78 is 49.4. The van der Waals surface area contributed by atoms with Crippen molar-refractivity contribution < 1.29 is 22.6 Å². The molecule has 0 aliphatic carbocycles. The van der Waals surface area contributed by atoms with E-state index in [2.05, 4.69) is 30.4 Å². The smallest absolute Gasteiger partial charge is 0.382 e. The van der Waals surface area contributed by atoms with Crippen LogP contribution in [0, 0.1) is 0 Å². The van der Waals surface area contributed by atoms with Gasteiger partial charge in [-0.05, 0) is 13.0 Å². The molecule has 3 aromatic rings. The Morgan fingerprint density at radius 2 is 1.94 bits per heavy atom. The number of nitrogens with one attached hydrogen (secondary N) is 1. The fourth-order valence-electron chi connectivity index (χ4n) is 2.96. The summed E-state index contributed by atoms with van der Waals surface area (Å²) in [5, 5.41) is 7.69. The summed E-state index contributed by atoms with van der Waals surface area (Å²) in [5.41, 5.74) is 1.51. The molecule has 0 aliphatic heterocycles. The van der Waals surface area contributed by atoms with Gasteiger partial charge in [-0.2, -0.15) is 23.3 Å². The first-order chi connectivity index (χ1) is 16.7. The average Bonchev–Trinajstić information content (AvgIpc) is 3.16. The number of alkyl halides is 3. The van der Waals surface area contributed by atoms with E-state index in [1.807, 2.05) is 32.1 Å². The lowest BCUT2D eigenvalue weighted by Crippen LogP contribution is -2.19. The average molecular weight is 496 g/mol. The first-order valence-electron chi connectivity index (χ1n) is 10.8. The van der Waals surface area contributed by atoms with Gasteiger partial charge in [0.05, 0.1) is 19.8 Å². The van der Waals surface area contributed by atoms with E-state index in [1.54, 1.807) is 30.4 Å². The van der Waals surface area contributed by atoms with Crippen molar-refractivity contribution in [2.24, 2.45) is 0 Å². The largest absolute Gasteiger partial charge is 0.411 e. The number of hydrogen-bond donors (Lipinski definition) is 1. The van der Waals surface area contributed by atoms with Gasteiger partial charge in [-0.3, -0.25) is 4.68 Å². The minimum Gasteiger partial charge on any atom is -0.382 e. The Kier molecular flexibility index (Phi) is 8.76. The first-order valence-corrected chi connectivity index (χ1v) is 10.8. The summed E-state index contributed by atoms with van der Waals surface area (Å²) in [5.74, 6) is 1.22. The zero-order valence-electron chi connectivity index (χ0n) is 20.0. The van der Waals surface area contributed by atoms with Crippen molar-refractivity contribution >= 4 is 28.6 Å². The number of ether oxygens (including phenoxy) is 2. The number of anilines is 3. The summed E-state index contributed by atoms with van der Waals surface area (Å²) >= 11 is 0. The van der Waals surface area contributed by atoms with Gasteiger partial charge in [0.15, 0.2) is 5.82 Å². The van der Waals surface area contributed by atoms with E-state index in [1.165, 1.54) is 11.0 Å². The van der Waals surface area contributed by atoms with Crippen molar-refractivity contribution in [1.29, 1.82) is 0 Å². The molecular weight excluding hydrogens is 467 g/mol. The zero-order valence-corrected chi connectivity index (χ0v) is 20.0. The van der Waals surface area contributed by atoms with E-state index < -0.39 is 12.8 Å². The third kappa shape index (κ3) is 7.48. The van der Waals surface area contributed by atoms with Crippen LogP contribution in [0.5, 0.6) is 0 Å². The van der Waals surface area contributed by atoms with E-state index in [0.717, 1.165) is 0 Å². The second-order valence-corrected chi connectivity index (χ2v) is 7.64. The molecule has 0 saturated heterocycles. The van der Waals surface area contributed by atoms with Crippen molar-refractivity contribution in [2.75, 3.05) is 51.2 Å². The molecule has 0 spiro atoms. The van der Waals surface area contributed by atoms with Gasteiger partial charge in [-0.25, -0.2) is 15.0 Å². The van der Waals surface area contributed by atoms with Crippen molar-refractivity contribution in [3.05, 3.63) is 36.7 Å². The standard InChI is InChI=1S/C21H28F3N9O2/c1-5-34-12-15-17-18(33(30-15)10-11-35-13-21(22,23)24)19(27-16-6-7-25-14-26-16)29-20(28-17)32(4)9-8-31(2)3/h6-9,14H,5,10-13H2,1-4H3,(H,25,26,27,28,29)/b9-8+. The Balaban J connectivity index is 2.06. The molecule has 0 radical (unpaired) electrons. The molecule has 0 fully saturated rings. The molecule has 0 aromatic carbocycles. The number of rotatable bonds is 12. The van der Waals surface area contributed by atoms with E-state index in [9.17, 15) is 13.2 Å². The SMILES string of the molecule is CCOCc1nn(CCOCC(F)(F)F)c2c(Nc3ccncn3)nc(N(C)/C=C/N(C)C)nc12. The summed E-state index contributed by atoms with van der Waals surface area (Å²) in [6, 6.07) is 1.66. The van der Waals surface area contributed by atoms with E-state index in [-0.39, 0.29) is 19.8 Å². The highest BCUT2D eigenvalue weighted by Crippen LogP contribution is 2.28. The topological polar surface area (TPSA) is 106 Å². The van der Waals surface area contributed by atoms with Crippen LogP contribution in [-0.2, 0) is 22.6 Å². The fraction of sp³-hybridized carbons (Fsp3) is 0.476. The number of aromatic nitrogens is 6. The van der Waals surface area contributed by atoms with Gasteiger partial charge in [0.25, 0.3) is 0 Å². The van der Waals surface area contributed by atoms with Crippen LogP contribution >= 0.6 is 0 Å². The molecule has 0 bridgehead atoms. The van der Waals surface area contributed by atoms with Crippen LogP contribution in [0.2, 0.25) is 0 Å². The van der Waals surface area contributed by atoms with E-state index in [4.69, 9.17) is 9.47 Å². The van der Waals surface area contributed by atoms with Gasteiger partial charge in [0.2, 0.25) is 5.95 Å². The van der Waals surface area contributed by atoms with Gasteiger partial charge < -0.3 is 24.6 Å². The van der Waals surface area contributed by atoms with Gasteiger partial charge in [0.1, 0.15) is 35.5 Å². The molecule has 0 atom stereocenters. The molecule has 0 amide bonds. The molecule has 1 N–H and O–H groups in total. The monoisotopic (exact) mass is 495 g/mol. The van der Waals surface area contributed by atoms with Crippen molar-refractivity contribution in [1.82, 2.24) is 34.6 Å². The minimum atomic E-state index is -4.41. The molecule has 3 rings (SSSR count). The molecule has 3 heterocycles. The molecule has 14 heteroatoms. The summed E-state index contributed by atoms with van der Waals surface area (Å²) in [4.78, 5) is 21.0. The Hall–Kier alpha value is -3.52. The van der Waals surface area contributed by atoms with Gasteiger partial charge in [-0.1, -0.05) is 0 Å². The van der Waals surface area contributed by atoms with Gasteiger partial charge >= 0.3 is 6.18 Å². The van der Waals surface area contributed by atoms with Crippen LogP contribution in [-0.4, -0.2) is 81.8 Å². The summed E-state index contributed by atoms with van der Waals surface area (Å²) in [6.45, 7) is 0.990. The van der Waals surface area contributed by atoms with E-state index in [0.29, 0.717) is 40.9 Å². The normalized spacial score (nSPS) is 12.0. The lowest BCUT2D eigenvalue weighted by Gasteiger charge is -2.16. The molecular formula is C21H28F3N9O2. The molecule has 3 aromatic heterocycles. The van der Waals surface area contributed by atoms with Crippen LogP contribution in [0.1, 0.15) is 12.6 Å². The Morgan fingerprint density at radius 1 is 1.14 bits per heavy atom.